The summed E-state index contributed by atoms with van der Waals surface area (Å²) in [5.41, 5.74) is -0.453. The van der Waals surface area contributed by atoms with Crippen LogP contribution in [0.4, 0.5) is 4.79 Å². The normalized spacial score (nSPS) is 17.0. The second-order valence-electron chi connectivity index (χ2n) is 4.45. The quantitative estimate of drug-likeness (QED) is 0.651. The fourth-order valence-electron chi connectivity index (χ4n) is 2.04. The van der Waals surface area contributed by atoms with Crippen LogP contribution in [0.3, 0.4) is 0 Å². The van der Waals surface area contributed by atoms with Gasteiger partial charge in [0, 0.05) is 6.54 Å². The standard InChI is InChI=1S/C12H17N5O/c13-6-10(15)11(7-14)17-12(18)16-8-9-4-2-1-3-5-9/h9,11,15H,1-5,8H2,(H2,16,17,18). The third-order valence-corrected chi connectivity index (χ3v) is 3.09. The van der Waals surface area contributed by atoms with Gasteiger partial charge in [0.25, 0.3) is 0 Å². The van der Waals surface area contributed by atoms with Crippen molar-refractivity contribution >= 4 is 11.7 Å². The number of hydrogen-bond donors (Lipinski definition) is 3. The van der Waals surface area contributed by atoms with Crippen molar-refractivity contribution in [3.8, 4) is 12.1 Å². The summed E-state index contributed by atoms with van der Waals surface area (Å²) in [6.07, 6.45) is 5.91. The van der Waals surface area contributed by atoms with Gasteiger partial charge in [-0.15, -0.1) is 0 Å². The summed E-state index contributed by atoms with van der Waals surface area (Å²) in [6, 6.07) is 1.59. The summed E-state index contributed by atoms with van der Waals surface area (Å²) in [5, 5.41) is 29.4. The molecule has 1 aliphatic rings. The number of carbonyl (C=O) groups excluding carboxylic acids is 1. The average molecular weight is 247 g/mol. The lowest BCUT2D eigenvalue weighted by molar-refractivity contribution is 0.236. The van der Waals surface area contributed by atoms with E-state index >= 15 is 0 Å². The fourth-order valence-corrected chi connectivity index (χ4v) is 2.04. The first-order valence-corrected chi connectivity index (χ1v) is 6.10. The summed E-state index contributed by atoms with van der Waals surface area (Å²) in [5.74, 6) is 0.500. The van der Waals surface area contributed by atoms with Crippen LogP contribution in [-0.2, 0) is 0 Å². The number of hydrogen-bond acceptors (Lipinski definition) is 4. The molecule has 96 valence electrons. The number of nitriles is 2. The molecule has 0 saturated heterocycles. The molecule has 1 rings (SSSR count). The minimum atomic E-state index is -1.17. The van der Waals surface area contributed by atoms with Gasteiger partial charge in [-0.2, -0.15) is 10.5 Å². The summed E-state index contributed by atoms with van der Waals surface area (Å²) in [6.45, 7) is 0.587. The van der Waals surface area contributed by atoms with Gasteiger partial charge in [-0.3, -0.25) is 5.41 Å². The summed E-state index contributed by atoms with van der Waals surface area (Å²) >= 11 is 0. The molecule has 6 heteroatoms. The van der Waals surface area contributed by atoms with Gasteiger partial charge in [0.15, 0.2) is 6.04 Å². The number of nitrogens with one attached hydrogen (secondary N) is 3. The zero-order valence-corrected chi connectivity index (χ0v) is 10.2. The minimum absolute atomic E-state index is 0.453. The van der Waals surface area contributed by atoms with Gasteiger partial charge in [0.05, 0.1) is 6.07 Å². The molecule has 1 aliphatic carbocycles. The smallest absolute Gasteiger partial charge is 0.316 e. The largest absolute Gasteiger partial charge is 0.338 e. The van der Waals surface area contributed by atoms with Crippen molar-refractivity contribution in [1.82, 2.24) is 10.6 Å². The van der Waals surface area contributed by atoms with E-state index in [1.807, 2.05) is 0 Å². The first-order valence-electron chi connectivity index (χ1n) is 6.10. The number of nitrogens with zero attached hydrogens (tertiary/aromatic N) is 2. The van der Waals surface area contributed by atoms with E-state index in [1.165, 1.54) is 19.3 Å². The van der Waals surface area contributed by atoms with E-state index in [0.29, 0.717) is 12.5 Å². The monoisotopic (exact) mass is 247 g/mol. The molecule has 0 aromatic carbocycles. The first kappa shape index (κ1) is 14.0. The predicted octanol–water partition coefficient (Wildman–Crippen LogP) is 1.30. The molecule has 0 aromatic rings. The van der Waals surface area contributed by atoms with Gasteiger partial charge in [0.2, 0.25) is 0 Å². The van der Waals surface area contributed by atoms with E-state index in [2.05, 4.69) is 10.6 Å². The van der Waals surface area contributed by atoms with Gasteiger partial charge in [0.1, 0.15) is 11.8 Å². The summed E-state index contributed by atoms with van der Waals surface area (Å²) < 4.78 is 0. The Morgan fingerprint density at radius 2 is 2.00 bits per heavy atom. The lowest BCUT2D eigenvalue weighted by atomic mass is 9.89. The third-order valence-electron chi connectivity index (χ3n) is 3.09. The van der Waals surface area contributed by atoms with Gasteiger partial charge in [-0.1, -0.05) is 19.3 Å². The molecular formula is C12H17N5O. The zero-order valence-electron chi connectivity index (χ0n) is 10.2. The van der Waals surface area contributed by atoms with Crippen molar-refractivity contribution in [3.05, 3.63) is 0 Å². The predicted molar refractivity (Wildman–Crippen MR) is 65.9 cm³/mol. The number of amides is 2. The van der Waals surface area contributed by atoms with E-state index in [9.17, 15) is 4.79 Å². The second-order valence-corrected chi connectivity index (χ2v) is 4.45. The first-order chi connectivity index (χ1) is 8.67. The van der Waals surface area contributed by atoms with Crippen LogP contribution in [0.5, 0.6) is 0 Å². The lowest BCUT2D eigenvalue weighted by Crippen LogP contribution is -2.46. The molecule has 6 nitrogen and oxygen atoms in total. The molecule has 0 heterocycles. The van der Waals surface area contributed by atoms with Crippen LogP contribution in [0.2, 0.25) is 0 Å². The van der Waals surface area contributed by atoms with Gasteiger partial charge in [-0.25, -0.2) is 4.79 Å². The number of urea groups is 1. The molecule has 1 unspecified atom stereocenters. The highest BCUT2D eigenvalue weighted by molar-refractivity contribution is 6.03. The molecule has 1 atom stereocenters. The topological polar surface area (TPSA) is 113 Å². The van der Waals surface area contributed by atoms with Crippen molar-refractivity contribution in [2.75, 3.05) is 6.54 Å². The van der Waals surface area contributed by atoms with Crippen molar-refractivity contribution in [1.29, 1.82) is 15.9 Å². The maximum absolute atomic E-state index is 11.5. The summed E-state index contributed by atoms with van der Waals surface area (Å²) in [7, 11) is 0. The molecule has 0 radical (unpaired) electrons. The van der Waals surface area contributed by atoms with Crippen LogP contribution < -0.4 is 10.6 Å². The Bertz CT molecular complexity index is 386. The Morgan fingerprint density at radius 3 is 2.56 bits per heavy atom. The second kappa shape index (κ2) is 7.29. The van der Waals surface area contributed by atoms with Crippen LogP contribution >= 0.6 is 0 Å². The Kier molecular flexibility index (Phi) is 5.66. The fraction of sp³-hybridized carbons (Fsp3) is 0.667. The van der Waals surface area contributed by atoms with Crippen LogP contribution in [0, 0.1) is 34.0 Å². The Labute approximate surface area is 106 Å². The molecule has 0 spiro atoms. The molecule has 2 amide bonds. The number of carbonyl (C=O) groups is 1. The van der Waals surface area contributed by atoms with Crippen molar-refractivity contribution in [2.45, 2.75) is 38.1 Å². The molecule has 0 bridgehead atoms. The third kappa shape index (κ3) is 4.42. The maximum Gasteiger partial charge on any atom is 0.316 e. The van der Waals surface area contributed by atoms with Gasteiger partial charge >= 0.3 is 6.03 Å². The lowest BCUT2D eigenvalue weighted by Gasteiger charge is -2.22. The van der Waals surface area contributed by atoms with Crippen LogP contribution in [0.15, 0.2) is 0 Å². The highest BCUT2D eigenvalue weighted by atomic mass is 16.2. The molecule has 0 aromatic heterocycles. The van der Waals surface area contributed by atoms with E-state index in [1.54, 1.807) is 12.1 Å². The van der Waals surface area contributed by atoms with Crippen molar-refractivity contribution in [2.24, 2.45) is 5.92 Å². The highest BCUT2D eigenvalue weighted by Crippen LogP contribution is 2.22. The van der Waals surface area contributed by atoms with Crippen molar-refractivity contribution < 1.29 is 4.79 Å². The van der Waals surface area contributed by atoms with E-state index < -0.39 is 17.8 Å². The SMILES string of the molecule is N#CC(=N)C(C#N)NC(=O)NCC1CCCCC1. The molecule has 3 N–H and O–H groups in total. The van der Waals surface area contributed by atoms with E-state index in [4.69, 9.17) is 15.9 Å². The van der Waals surface area contributed by atoms with E-state index in [0.717, 1.165) is 12.8 Å². The van der Waals surface area contributed by atoms with Crippen LogP contribution in [0.1, 0.15) is 32.1 Å². The zero-order chi connectivity index (χ0) is 13.4. The Hall–Kier alpha value is -2.08. The van der Waals surface area contributed by atoms with Crippen molar-refractivity contribution in [3.63, 3.8) is 0 Å². The van der Waals surface area contributed by atoms with E-state index in [-0.39, 0.29) is 0 Å². The van der Waals surface area contributed by atoms with Gasteiger partial charge < -0.3 is 10.6 Å². The Morgan fingerprint density at radius 1 is 1.33 bits per heavy atom. The molecule has 1 saturated carbocycles. The molecule has 18 heavy (non-hydrogen) atoms. The maximum atomic E-state index is 11.5. The Balaban J connectivity index is 2.30. The number of rotatable bonds is 4. The minimum Gasteiger partial charge on any atom is -0.338 e. The highest BCUT2D eigenvalue weighted by Gasteiger charge is 2.18. The van der Waals surface area contributed by atoms with Crippen LogP contribution in [0.25, 0.3) is 0 Å². The van der Waals surface area contributed by atoms with Gasteiger partial charge in [-0.05, 0) is 18.8 Å². The molecule has 1 fully saturated rings. The van der Waals surface area contributed by atoms with Crippen LogP contribution in [-0.4, -0.2) is 24.3 Å². The average Bonchev–Trinajstić information content (AvgIpc) is 2.42. The molecular weight excluding hydrogens is 230 g/mol. The summed E-state index contributed by atoms with van der Waals surface area (Å²) in [4.78, 5) is 11.5. The molecule has 0 aliphatic heterocycles.